The van der Waals surface area contributed by atoms with Gasteiger partial charge < -0.3 is 10.0 Å². The second kappa shape index (κ2) is 6.44. The van der Waals surface area contributed by atoms with Gasteiger partial charge in [0.25, 0.3) is 0 Å². The second-order valence-electron chi connectivity index (χ2n) is 5.22. The number of hydrogen-bond donors (Lipinski definition) is 1. The minimum Gasteiger partial charge on any atom is -0.396 e. The third-order valence-electron chi connectivity index (χ3n) is 3.40. The zero-order valence-corrected chi connectivity index (χ0v) is 12.3. The lowest BCUT2D eigenvalue weighted by molar-refractivity contribution is -0.116. The Kier molecular flexibility index (Phi) is 4.88. The number of aliphatic hydroxyl groups excluding tert-OH is 1. The maximum absolute atomic E-state index is 12.3. The summed E-state index contributed by atoms with van der Waals surface area (Å²) in [6.07, 6.45) is 0.898. The van der Waals surface area contributed by atoms with Crippen LogP contribution in [0.5, 0.6) is 0 Å². The number of carbonyl (C=O) groups is 1. The number of benzene rings is 1. The monoisotopic (exact) mass is 279 g/mol. The van der Waals surface area contributed by atoms with Gasteiger partial charge in [0.2, 0.25) is 5.91 Å². The van der Waals surface area contributed by atoms with E-state index in [0.717, 1.165) is 24.4 Å². The van der Waals surface area contributed by atoms with Gasteiger partial charge in [0, 0.05) is 18.8 Å². The van der Waals surface area contributed by atoms with E-state index < -0.39 is 0 Å². The van der Waals surface area contributed by atoms with Crippen LogP contribution in [-0.4, -0.2) is 35.2 Å². The third-order valence-corrected chi connectivity index (χ3v) is 5.00. The Morgan fingerprint density at radius 3 is 2.74 bits per heavy atom. The van der Waals surface area contributed by atoms with Crippen molar-refractivity contribution < 1.29 is 9.90 Å². The normalized spacial score (nSPS) is 20.9. The van der Waals surface area contributed by atoms with Crippen molar-refractivity contribution in [2.75, 3.05) is 23.8 Å². The summed E-state index contributed by atoms with van der Waals surface area (Å²) in [7, 11) is 0. The molecule has 0 bridgehead atoms. The Morgan fingerprint density at radius 2 is 2.11 bits per heavy atom. The van der Waals surface area contributed by atoms with E-state index in [1.807, 2.05) is 43.0 Å². The van der Waals surface area contributed by atoms with E-state index in [2.05, 4.69) is 0 Å². The number of rotatable bonds is 5. The summed E-state index contributed by atoms with van der Waals surface area (Å²) in [6, 6.07) is 8.10. The molecule has 1 heterocycles. The zero-order valence-electron chi connectivity index (χ0n) is 11.5. The van der Waals surface area contributed by atoms with E-state index in [9.17, 15) is 4.79 Å². The highest BCUT2D eigenvalue weighted by molar-refractivity contribution is 8.00. The molecule has 1 N–H and O–H groups in total. The lowest BCUT2D eigenvalue weighted by Crippen LogP contribution is -2.28. The number of amides is 1. The van der Waals surface area contributed by atoms with Crippen LogP contribution in [0, 0.1) is 12.8 Å². The van der Waals surface area contributed by atoms with E-state index in [0.29, 0.717) is 0 Å². The summed E-state index contributed by atoms with van der Waals surface area (Å²) in [4.78, 5) is 14.2. The number of hydrogen-bond acceptors (Lipinski definition) is 3. The average Bonchev–Trinajstić information content (AvgIpc) is 2.78. The molecule has 2 rings (SSSR count). The number of aryl methyl sites for hydroxylation is 1. The number of aliphatic hydroxyl groups is 1. The van der Waals surface area contributed by atoms with E-state index in [1.54, 1.807) is 11.8 Å². The molecule has 4 heteroatoms. The first kappa shape index (κ1) is 14.4. The number of carbonyl (C=O) groups excluding carboxylic acids is 1. The van der Waals surface area contributed by atoms with Crippen LogP contribution in [0.1, 0.15) is 18.9 Å². The van der Waals surface area contributed by atoms with Gasteiger partial charge in [0.15, 0.2) is 0 Å². The summed E-state index contributed by atoms with van der Waals surface area (Å²) in [5.41, 5.74) is 2.20. The quantitative estimate of drug-likeness (QED) is 0.900. The van der Waals surface area contributed by atoms with Crippen molar-refractivity contribution in [1.82, 2.24) is 0 Å². The molecule has 0 spiro atoms. The summed E-state index contributed by atoms with van der Waals surface area (Å²) in [6.45, 7) is 5.04. The fourth-order valence-corrected chi connectivity index (χ4v) is 3.33. The highest BCUT2D eigenvalue weighted by Gasteiger charge is 2.32. The topological polar surface area (TPSA) is 40.5 Å². The Bertz CT molecular complexity index is 432. The second-order valence-corrected chi connectivity index (χ2v) is 6.46. The lowest BCUT2D eigenvalue weighted by Gasteiger charge is -2.17. The van der Waals surface area contributed by atoms with Crippen LogP contribution in [0.3, 0.4) is 0 Å². The fraction of sp³-hybridized carbons (Fsp3) is 0.533. The predicted molar refractivity (Wildman–Crippen MR) is 80.6 cm³/mol. The van der Waals surface area contributed by atoms with Crippen LogP contribution in [0.25, 0.3) is 0 Å². The van der Waals surface area contributed by atoms with Crippen LogP contribution < -0.4 is 4.90 Å². The molecule has 19 heavy (non-hydrogen) atoms. The summed E-state index contributed by atoms with van der Waals surface area (Å²) < 4.78 is 0. The van der Waals surface area contributed by atoms with Crippen LogP contribution in [0.2, 0.25) is 0 Å². The van der Waals surface area contributed by atoms with Gasteiger partial charge in [-0.15, -0.1) is 11.8 Å². The Balaban J connectivity index is 1.96. The van der Waals surface area contributed by atoms with Crippen LogP contribution in [0.4, 0.5) is 5.69 Å². The van der Waals surface area contributed by atoms with Crippen molar-refractivity contribution in [3.63, 3.8) is 0 Å². The van der Waals surface area contributed by atoms with E-state index in [1.165, 1.54) is 5.56 Å². The molecule has 0 saturated carbocycles. The van der Waals surface area contributed by atoms with Gasteiger partial charge in [-0.2, -0.15) is 0 Å². The fourth-order valence-electron chi connectivity index (χ4n) is 2.12. The first-order chi connectivity index (χ1) is 9.11. The highest BCUT2D eigenvalue weighted by atomic mass is 32.2. The molecule has 0 aliphatic carbocycles. The molecule has 2 atom stereocenters. The minimum absolute atomic E-state index is 0.0512. The number of anilines is 1. The molecule has 1 fully saturated rings. The molecule has 1 aromatic rings. The number of nitrogens with zero attached hydrogens (tertiary/aromatic N) is 1. The van der Waals surface area contributed by atoms with E-state index in [4.69, 9.17) is 5.11 Å². The highest BCUT2D eigenvalue weighted by Crippen LogP contribution is 2.29. The molecule has 3 nitrogen and oxygen atoms in total. The lowest BCUT2D eigenvalue weighted by atomic mass is 10.2. The largest absolute Gasteiger partial charge is 0.396 e. The van der Waals surface area contributed by atoms with E-state index in [-0.39, 0.29) is 23.7 Å². The molecule has 0 radical (unpaired) electrons. The van der Waals surface area contributed by atoms with Gasteiger partial charge in [-0.1, -0.05) is 24.6 Å². The maximum atomic E-state index is 12.3. The van der Waals surface area contributed by atoms with Crippen LogP contribution >= 0.6 is 11.8 Å². The van der Waals surface area contributed by atoms with Gasteiger partial charge in [-0.25, -0.2) is 0 Å². The molecule has 104 valence electrons. The van der Waals surface area contributed by atoms with Crippen molar-refractivity contribution in [2.24, 2.45) is 5.92 Å². The van der Waals surface area contributed by atoms with Gasteiger partial charge in [-0.3, -0.25) is 4.79 Å². The van der Waals surface area contributed by atoms with Crippen LogP contribution in [-0.2, 0) is 4.79 Å². The third kappa shape index (κ3) is 3.51. The van der Waals surface area contributed by atoms with Crippen molar-refractivity contribution in [1.29, 1.82) is 0 Å². The van der Waals surface area contributed by atoms with Gasteiger partial charge in [0.05, 0.1) is 5.25 Å². The molecule has 1 aromatic carbocycles. The molecule has 0 aromatic heterocycles. The molecule has 1 saturated heterocycles. The zero-order chi connectivity index (χ0) is 13.8. The Hall–Kier alpha value is -1.00. The molecular formula is C15H21NO2S. The van der Waals surface area contributed by atoms with Crippen LogP contribution in [0.15, 0.2) is 24.3 Å². The standard InChI is InChI=1S/C15H21NO2S/c1-11-3-5-13(6-4-11)16-8-7-14(15(16)18)19-10-12(2)9-17/h3-6,12,14,17H,7-10H2,1-2H3/t12-,14-/m0/s1. The Morgan fingerprint density at radius 1 is 1.42 bits per heavy atom. The first-order valence-electron chi connectivity index (χ1n) is 6.72. The van der Waals surface area contributed by atoms with E-state index >= 15 is 0 Å². The van der Waals surface area contributed by atoms with Gasteiger partial charge in [0.1, 0.15) is 0 Å². The smallest absolute Gasteiger partial charge is 0.240 e. The SMILES string of the molecule is Cc1ccc(N2CC[C@H](SC[C@@H](C)CO)C2=O)cc1. The molecule has 1 aliphatic rings. The van der Waals surface area contributed by atoms with Gasteiger partial charge in [-0.05, 0) is 37.1 Å². The summed E-state index contributed by atoms with van der Waals surface area (Å²) in [5, 5.41) is 9.07. The molecule has 1 aliphatic heterocycles. The minimum atomic E-state index is 0.0512. The Labute approximate surface area is 119 Å². The predicted octanol–water partition coefficient (Wildman–Crippen LogP) is 2.46. The van der Waals surface area contributed by atoms with Gasteiger partial charge >= 0.3 is 0 Å². The average molecular weight is 279 g/mol. The van der Waals surface area contributed by atoms with Crippen molar-refractivity contribution in [2.45, 2.75) is 25.5 Å². The number of thioether (sulfide) groups is 1. The summed E-state index contributed by atoms with van der Waals surface area (Å²) in [5.74, 6) is 1.31. The van der Waals surface area contributed by atoms with Crippen molar-refractivity contribution >= 4 is 23.4 Å². The molecular weight excluding hydrogens is 258 g/mol. The van der Waals surface area contributed by atoms with Crippen molar-refractivity contribution in [3.05, 3.63) is 29.8 Å². The summed E-state index contributed by atoms with van der Waals surface area (Å²) >= 11 is 1.68. The van der Waals surface area contributed by atoms with Crippen molar-refractivity contribution in [3.8, 4) is 0 Å². The first-order valence-corrected chi connectivity index (χ1v) is 7.77. The maximum Gasteiger partial charge on any atom is 0.240 e. The molecule has 1 amide bonds. The molecule has 0 unspecified atom stereocenters.